The minimum atomic E-state index is -3.76. The fraction of sp³-hybridized carbons (Fsp3) is 0.333. The second kappa shape index (κ2) is 6.28. The highest BCUT2D eigenvalue weighted by Crippen LogP contribution is 2.44. The van der Waals surface area contributed by atoms with Crippen LogP contribution in [0.15, 0.2) is 48.8 Å². The van der Waals surface area contributed by atoms with E-state index in [2.05, 4.69) is 10.3 Å². The van der Waals surface area contributed by atoms with Crippen molar-refractivity contribution in [2.45, 2.75) is 37.3 Å². The monoisotopic (exact) mass is 332 g/mol. The maximum atomic E-state index is 14.0. The topological polar surface area (TPSA) is 62.2 Å². The van der Waals surface area contributed by atoms with Crippen LogP contribution < -0.4 is 5.32 Å². The molecule has 2 aromatic rings. The molecule has 6 heteroatoms. The van der Waals surface area contributed by atoms with Crippen LogP contribution in [0.25, 0.3) is 11.1 Å². The van der Waals surface area contributed by atoms with Gasteiger partial charge in [0.15, 0.2) is 0 Å². The Hall–Kier alpha value is -2.34. The minimum absolute atomic E-state index is 0.0160. The van der Waals surface area contributed by atoms with Gasteiger partial charge in [0.2, 0.25) is 0 Å². The number of halogens is 2. The summed E-state index contributed by atoms with van der Waals surface area (Å²) >= 11 is 0. The van der Waals surface area contributed by atoms with Gasteiger partial charge in [0, 0.05) is 18.9 Å². The highest BCUT2D eigenvalue weighted by Gasteiger charge is 2.61. The van der Waals surface area contributed by atoms with Crippen LogP contribution >= 0.6 is 0 Å². The number of pyridine rings is 1. The van der Waals surface area contributed by atoms with Crippen LogP contribution in [0.1, 0.15) is 24.8 Å². The molecule has 1 aliphatic carbocycles. The first-order valence-corrected chi connectivity index (χ1v) is 7.80. The largest absolute Gasteiger partial charge is 0.383 e. The number of carbonyl (C=O) groups excluding carboxylic acids is 1. The molecule has 1 aromatic heterocycles. The van der Waals surface area contributed by atoms with Crippen molar-refractivity contribution < 1.29 is 18.7 Å². The smallest absolute Gasteiger partial charge is 0.352 e. The molecule has 1 saturated carbocycles. The zero-order chi connectivity index (χ0) is 17.2. The van der Waals surface area contributed by atoms with Crippen LogP contribution in [0.5, 0.6) is 0 Å². The van der Waals surface area contributed by atoms with Crippen molar-refractivity contribution in [1.29, 1.82) is 0 Å². The van der Waals surface area contributed by atoms with Gasteiger partial charge in [-0.1, -0.05) is 30.3 Å². The summed E-state index contributed by atoms with van der Waals surface area (Å²) in [5.41, 5.74) is 0.410. The number of benzene rings is 1. The van der Waals surface area contributed by atoms with Crippen molar-refractivity contribution in [2.75, 3.05) is 0 Å². The molecule has 1 amide bonds. The van der Waals surface area contributed by atoms with Crippen molar-refractivity contribution in [1.82, 2.24) is 10.3 Å². The minimum Gasteiger partial charge on any atom is -0.383 e. The average molecular weight is 332 g/mol. The molecule has 0 unspecified atom stereocenters. The number of hydrogen-bond acceptors (Lipinski definition) is 3. The van der Waals surface area contributed by atoms with Crippen molar-refractivity contribution in [3.8, 4) is 11.1 Å². The molecule has 126 valence electrons. The van der Waals surface area contributed by atoms with E-state index < -0.39 is 17.4 Å². The van der Waals surface area contributed by atoms with Gasteiger partial charge >= 0.3 is 5.92 Å². The van der Waals surface area contributed by atoms with Crippen molar-refractivity contribution in [3.05, 3.63) is 54.4 Å². The molecule has 1 aliphatic rings. The Bertz CT molecular complexity index is 714. The summed E-state index contributed by atoms with van der Waals surface area (Å²) < 4.78 is 27.9. The maximum Gasteiger partial charge on any atom is 0.352 e. The van der Waals surface area contributed by atoms with Crippen LogP contribution in [0, 0.1) is 0 Å². The fourth-order valence-electron chi connectivity index (χ4n) is 2.68. The molecule has 1 fully saturated rings. The quantitative estimate of drug-likeness (QED) is 0.885. The molecule has 0 saturated heterocycles. The summed E-state index contributed by atoms with van der Waals surface area (Å²) in [5, 5.41) is 12.0. The van der Waals surface area contributed by atoms with E-state index in [0.717, 1.165) is 11.1 Å². The van der Waals surface area contributed by atoms with Crippen molar-refractivity contribution in [2.24, 2.45) is 0 Å². The summed E-state index contributed by atoms with van der Waals surface area (Å²) in [5.74, 6) is -5.19. The number of hydrogen-bond donors (Lipinski definition) is 2. The SMILES string of the molecule is O=C(NCc1ccc(-c2cccnc2)cc1)C(F)(F)C1(O)CCC1. The number of nitrogens with one attached hydrogen (secondary N) is 1. The second-order valence-electron chi connectivity index (χ2n) is 6.08. The Morgan fingerprint density at radius 2 is 1.92 bits per heavy atom. The summed E-state index contributed by atoms with van der Waals surface area (Å²) in [6, 6.07) is 11.0. The molecule has 2 N–H and O–H groups in total. The van der Waals surface area contributed by atoms with Gasteiger partial charge in [0.25, 0.3) is 5.91 Å². The van der Waals surface area contributed by atoms with E-state index in [-0.39, 0.29) is 19.4 Å². The zero-order valence-electron chi connectivity index (χ0n) is 13.0. The molecule has 0 bridgehead atoms. The van der Waals surface area contributed by atoms with Crippen LogP contribution in [0.4, 0.5) is 8.78 Å². The Morgan fingerprint density at radius 1 is 1.21 bits per heavy atom. The molecule has 0 atom stereocenters. The van der Waals surface area contributed by atoms with E-state index in [4.69, 9.17) is 0 Å². The molecule has 1 heterocycles. The number of rotatable bonds is 5. The Labute approximate surface area is 138 Å². The lowest BCUT2D eigenvalue weighted by molar-refractivity contribution is -0.216. The van der Waals surface area contributed by atoms with Crippen LogP contribution in [-0.4, -0.2) is 27.5 Å². The van der Waals surface area contributed by atoms with Gasteiger partial charge in [0.1, 0.15) is 5.60 Å². The summed E-state index contributed by atoms with van der Waals surface area (Å²) in [7, 11) is 0. The van der Waals surface area contributed by atoms with Crippen LogP contribution in [-0.2, 0) is 11.3 Å². The first-order chi connectivity index (χ1) is 11.4. The summed E-state index contributed by atoms with van der Waals surface area (Å²) in [4.78, 5) is 15.8. The molecule has 3 rings (SSSR count). The van der Waals surface area contributed by atoms with E-state index >= 15 is 0 Å². The van der Waals surface area contributed by atoms with Gasteiger partial charge in [-0.05, 0) is 42.0 Å². The van der Waals surface area contributed by atoms with Crippen molar-refractivity contribution >= 4 is 5.91 Å². The van der Waals surface area contributed by atoms with E-state index in [9.17, 15) is 18.7 Å². The van der Waals surface area contributed by atoms with E-state index in [0.29, 0.717) is 12.0 Å². The van der Waals surface area contributed by atoms with E-state index in [1.54, 1.807) is 24.5 Å². The molecular weight excluding hydrogens is 314 g/mol. The molecule has 0 radical (unpaired) electrons. The first kappa shape index (κ1) is 16.5. The Kier molecular flexibility index (Phi) is 4.32. The zero-order valence-corrected chi connectivity index (χ0v) is 13.0. The number of aromatic nitrogens is 1. The lowest BCUT2D eigenvalue weighted by Crippen LogP contribution is -2.60. The van der Waals surface area contributed by atoms with Gasteiger partial charge in [-0.15, -0.1) is 0 Å². The normalized spacial score (nSPS) is 16.3. The number of alkyl halides is 2. The molecule has 1 aromatic carbocycles. The number of carbonyl (C=O) groups is 1. The van der Waals surface area contributed by atoms with Gasteiger partial charge in [-0.2, -0.15) is 8.78 Å². The van der Waals surface area contributed by atoms with Crippen molar-refractivity contribution in [3.63, 3.8) is 0 Å². The predicted molar refractivity (Wildman–Crippen MR) is 85.3 cm³/mol. The molecule has 4 nitrogen and oxygen atoms in total. The Morgan fingerprint density at radius 3 is 2.46 bits per heavy atom. The van der Waals surface area contributed by atoms with Gasteiger partial charge < -0.3 is 10.4 Å². The highest BCUT2D eigenvalue weighted by molar-refractivity contribution is 5.85. The maximum absolute atomic E-state index is 14.0. The molecule has 24 heavy (non-hydrogen) atoms. The third-order valence-electron chi connectivity index (χ3n) is 4.45. The second-order valence-corrected chi connectivity index (χ2v) is 6.08. The van der Waals surface area contributed by atoms with E-state index in [1.807, 2.05) is 24.3 Å². The molecule has 0 aliphatic heterocycles. The number of amides is 1. The predicted octanol–water partition coefficient (Wildman–Crippen LogP) is 2.92. The molecular formula is C18H18F2N2O2. The standard InChI is InChI=1S/C18H18F2N2O2/c19-18(20,17(24)8-2-9-17)16(23)22-11-13-4-6-14(7-5-13)15-3-1-10-21-12-15/h1,3-7,10,12,24H,2,8-9,11H2,(H,22,23). The molecule has 0 spiro atoms. The fourth-order valence-corrected chi connectivity index (χ4v) is 2.68. The summed E-state index contributed by atoms with van der Waals surface area (Å²) in [6.45, 7) is -0.0160. The highest BCUT2D eigenvalue weighted by atomic mass is 19.3. The average Bonchev–Trinajstić information content (AvgIpc) is 2.58. The van der Waals surface area contributed by atoms with Gasteiger partial charge in [-0.3, -0.25) is 9.78 Å². The van der Waals surface area contributed by atoms with Crippen LogP contribution in [0.2, 0.25) is 0 Å². The third kappa shape index (κ3) is 3.01. The lowest BCUT2D eigenvalue weighted by Gasteiger charge is -2.41. The number of aliphatic hydroxyl groups is 1. The summed E-state index contributed by atoms with van der Waals surface area (Å²) in [6.07, 6.45) is 3.83. The number of nitrogens with zero attached hydrogens (tertiary/aromatic N) is 1. The Balaban J connectivity index is 1.62. The lowest BCUT2D eigenvalue weighted by atomic mass is 9.75. The van der Waals surface area contributed by atoms with E-state index in [1.165, 1.54) is 0 Å². The third-order valence-corrected chi connectivity index (χ3v) is 4.45. The van der Waals surface area contributed by atoms with Crippen LogP contribution in [0.3, 0.4) is 0 Å². The van der Waals surface area contributed by atoms with Gasteiger partial charge in [0.05, 0.1) is 0 Å². The van der Waals surface area contributed by atoms with Gasteiger partial charge in [-0.25, -0.2) is 0 Å². The first-order valence-electron chi connectivity index (χ1n) is 7.80.